The Morgan fingerprint density at radius 3 is 2.71 bits per heavy atom. The van der Waals surface area contributed by atoms with Gasteiger partial charge in [-0.25, -0.2) is 4.79 Å². The summed E-state index contributed by atoms with van der Waals surface area (Å²) < 4.78 is 10.4. The maximum Gasteiger partial charge on any atom is 0.407 e. The van der Waals surface area contributed by atoms with Crippen molar-refractivity contribution >= 4 is 17.5 Å². The second-order valence-corrected chi connectivity index (χ2v) is 6.69. The molecule has 1 aromatic rings. The number of nitrogens with one attached hydrogen (secondary N) is 1. The van der Waals surface area contributed by atoms with E-state index in [1.165, 1.54) is 13.2 Å². The lowest BCUT2D eigenvalue weighted by molar-refractivity contribution is -0.385. The van der Waals surface area contributed by atoms with E-state index in [9.17, 15) is 14.9 Å². The zero-order valence-electron chi connectivity index (χ0n) is 14.4. The van der Waals surface area contributed by atoms with Gasteiger partial charge in [0.05, 0.1) is 18.1 Å². The van der Waals surface area contributed by atoms with Gasteiger partial charge in [0, 0.05) is 30.9 Å². The lowest BCUT2D eigenvalue weighted by Crippen LogP contribution is -2.40. The number of hydrogen-bond acceptors (Lipinski definition) is 6. The van der Waals surface area contributed by atoms with Gasteiger partial charge in [-0.1, -0.05) is 0 Å². The minimum Gasteiger partial charge on any atom is -0.490 e. The van der Waals surface area contributed by atoms with Gasteiger partial charge >= 0.3 is 11.8 Å². The maximum atomic E-state index is 11.8. The molecule has 1 fully saturated rings. The summed E-state index contributed by atoms with van der Waals surface area (Å²) in [6.07, 6.45) is 0.342. The molecule has 1 N–H and O–H groups in total. The second kappa shape index (κ2) is 6.94. The second-order valence-electron chi connectivity index (χ2n) is 6.69. The summed E-state index contributed by atoms with van der Waals surface area (Å²) >= 11 is 0. The van der Waals surface area contributed by atoms with Gasteiger partial charge in [-0.2, -0.15) is 0 Å². The highest BCUT2D eigenvalue weighted by Crippen LogP contribution is 2.32. The molecule has 0 aromatic heterocycles. The molecular weight excluding hydrogens is 314 g/mol. The Morgan fingerprint density at radius 2 is 2.12 bits per heavy atom. The predicted octanol–water partition coefficient (Wildman–Crippen LogP) is 2.71. The first-order valence-corrected chi connectivity index (χ1v) is 7.76. The van der Waals surface area contributed by atoms with Crippen LogP contribution in [0.1, 0.15) is 27.2 Å². The van der Waals surface area contributed by atoms with Gasteiger partial charge in [0.25, 0.3) is 0 Å². The fourth-order valence-corrected chi connectivity index (χ4v) is 2.60. The number of anilines is 1. The van der Waals surface area contributed by atoms with Gasteiger partial charge in [0.15, 0.2) is 5.75 Å². The molecule has 0 spiro atoms. The Bertz CT molecular complexity index is 627. The SMILES string of the molecule is COc1cc(N2CC[C@@H](NC(=O)OC(C)(C)C)C2)ccc1[N+](=O)[O-]. The Labute approximate surface area is 140 Å². The summed E-state index contributed by atoms with van der Waals surface area (Å²) in [7, 11) is 1.41. The fourth-order valence-electron chi connectivity index (χ4n) is 2.60. The van der Waals surface area contributed by atoms with Crippen molar-refractivity contribution in [3.63, 3.8) is 0 Å². The van der Waals surface area contributed by atoms with Gasteiger partial charge in [-0.15, -0.1) is 0 Å². The van der Waals surface area contributed by atoms with Crippen molar-refractivity contribution in [3.05, 3.63) is 28.3 Å². The summed E-state index contributed by atoms with van der Waals surface area (Å²) in [6.45, 7) is 6.80. The van der Waals surface area contributed by atoms with E-state index < -0.39 is 16.6 Å². The molecule has 0 bridgehead atoms. The molecule has 1 amide bonds. The van der Waals surface area contributed by atoms with Crippen molar-refractivity contribution in [2.24, 2.45) is 0 Å². The first-order chi connectivity index (χ1) is 11.2. The van der Waals surface area contributed by atoms with E-state index in [4.69, 9.17) is 9.47 Å². The average Bonchev–Trinajstić information content (AvgIpc) is 2.92. The summed E-state index contributed by atoms with van der Waals surface area (Å²) in [4.78, 5) is 24.4. The maximum absolute atomic E-state index is 11.8. The molecule has 8 nitrogen and oxygen atoms in total. The van der Waals surface area contributed by atoms with Crippen molar-refractivity contribution < 1.29 is 19.2 Å². The molecule has 0 radical (unpaired) electrons. The molecule has 8 heteroatoms. The number of alkyl carbamates (subject to hydrolysis) is 1. The molecular formula is C16H23N3O5. The van der Waals surface area contributed by atoms with Crippen LogP contribution in [-0.4, -0.2) is 42.9 Å². The van der Waals surface area contributed by atoms with E-state index in [-0.39, 0.29) is 17.5 Å². The summed E-state index contributed by atoms with van der Waals surface area (Å²) in [5.41, 5.74) is 0.225. The number of hydrogen-bond donors (Lipinski definition) is 1. The monoisotopic (exact) mass is 337 g/mol. The fraction of sp³-hybridized carbons (Fsp3) is 0.562. The Hall–Kier alpha value is -2.51. The third-order valence-corrected chi connectivity index (χ3v) is 3.63. The first-order valence-electron chi connectivity index (χ1n) is 7.76. The minimum absolute atomic E-state index is 0.0268. The van der Waals surface area contributed by atoms with Gasteiger partial charge < -0.3 is 19.7 Å². The van der Waals surface area contributed by atoms with Gasteiger partial charge in [0.2, 0.25) is 0 Å². The number of benzene rings is 1. The van der Waals surface area contributed by atoms with Crippen molar-refractivity contribution in [2.75, 3.05) is 25.1 Å². The number of ether oxygens (including phenoxy) is 2. The van der Waals surface area contributed by atoms with Crippen LogP contribution in [0.5, 0.6) is 5.75 Å². The highest BCUT2D eigenvalue weighted by molar-refractivity contribution is 5.68. The smallest absolute Gasteiger partial charge is 0.407 e. The largest absolute Gasteiger partial charge is 0.490 e. The van der Waals surface area contributed by atoms with Crippen LogP contribution in [0.4, 0.5) is 16.2 Å². The molecule has 132 valence electrons. The van der Waals surface area contributed by atoms with Crippen LogP contribution in [0.3, 0.4) is 0 Å². The van der Waals surface area contributed by atoms with Crippen molar-refractivity contribution in [1.29, 1.82) is 0 Å². The zero-order valence-corrected chi connectivity index (χ0v) is 14.4. The summed E-state index contributed by atoms with van der Waals surface area (Å²) in [6, 6.07) is 4.74. The first kappa shape index (κ1) is 17.8. The number of nitrogens with zero attached hydrogens (tertiary/aromatic N) is 2. The number of carbonyl (C=O) groups is 1. The van der Waals surface area contributed by atoms with Gasteiger partial charge in [-0.05, 0) is 33.3 Å². The number of nitro benzene ring substituents is 1. The third-order valence-electron chi connectivity index (χ3n) is 3.63. The van der Waals surface area contributed by atoms with Crippen LogP contribution in [0.15, 0.2) is 18.2 Å². The Balaban J connectivity index is 2.00. The third kappa shape index (κ3) is 4.50. The Kier molecular flexibility index (Phi) is 5.16. The molecule has 1 atom stereocenters. The molecule has 2 rings (SSSR count). The molecule has 1 heterocycles. The van der Waals surface area contributed by atoms with E-state index in [0.29, 0.717) is 6.54 Å². The number of methoxy groups -OCH3 is 1. The van der Waals surface area contributed by atoms with E-state index in [2.05, 4.69) is 5.32 Å². The van der Waals surface area contributed by atoms with E-state index in [1.54, 1.807) is 12.1 Å². The molecule has 0 unspecified atom stereocenters. The molecule has 1 saturated heterocycles. The molecule has 1 aliphatic heterocycles. The molecule has 0 aliphatic carbocycles. The highest BCUT2D eigenvalue weighted by atomic mass is 16.6. The number of carbonyl (C=O) groups excluding carboxylic acids is 1. The van der Waals surface area contributed by atoms with E-state index >= 15 is 0 Å². The van der Waals surface area contributed by atoms with Gasteiger partial charge in [-0.3, -0.25) is 10.1 Å². The minimum atomic E-state index is -0.534. The molecule has 24 heavy (non-hydrogen) atoms. The lowest BCUT2D eigenvalue weighted by atomic mass is 10.2. The van der Waals surface area contributed by atoms with Crippen LogP contribution in [0.25, 0.3) is 0 Å². The molecule has 1 aromatic carbocycles. The topological polar surface area (TPSA) is 93.9 Å². The lowest BCUT2D eigenvalue weighted by Gasteiger charge is -2.22. The van der Waals surface area contributed by atoms with E-state index in [0.717, 1.165) is 18.7 Å². The zero-order chi connectivity index (χ0) is 17.9. The summed E-state index contributed by atoms with van der Waals surface area (Å²) in [5.74, 6) is 0.223. The van der Waals surface area contributed by atoms with Crippen LogP contribution < -0.4 is 15.0 Å². The summed E-state index contributed by atoms with van der Waals surface area (Å²) in [5, 5.41) is 13.8. The van der Waals surface area contributed by atoms with Crippen molar-refractivity contribution in [3.8, 4) is 5.75 Å². The number of rotatable bonds is 4. The quantitative estimate of drug-likeness (QED) is 0.670. The number of amides is 1. The predicted molar refractivity (Wildman–Crippen MR) is 89.6 cm³/mol. The van der Waals surface area contributed by atoms with Crippen LogP contribution >= 0.6 is 0 Å². The standard InChI is InChI=1S/C16H23N3O5/c1-16(2,3)24-15(20)17-11-7-8-18(10-11)12-5-6-13(19(21)22)14(9-12)23-4/h5-6,9,11H,7-8,10H2,1-4H3,(H,17,20)/t11-/m1/s1. The van der Waals surface area contributed by atoms with Gasteiger partial charge in [0.1, 0.15) is 5.60 Å². The van der Waals surface area contributed by atoms with Crippen LogP contribution in [0.2, 0.25) is 0 Å². The van der Waals surface area contributed by atoms with Crippen molar-refractivity contribution in [1.82, 2.24) is 5.32 Å². The Morgan fingerprint density at radius 1 is 1.42 bits per heavy atom. The van der Waals surface area contributed by atoms with Crippen molar-refractivity contribution in [2.45, 2.75) is 38.8 Å². The average molecular weight is 337 g/mol. The van der Waals surface area contributed by atoms with E-state index in [1.807, 2.05) is 25.7 Å². The van der Waals surface area contributed by atoms with Crippen LogP contribution in [-0.2, 0) is 4.74 Å². The number of nitro groups is 1. The molecule has 0 saturated carbocycles. The van der Waals surface area contributed by atoms with Crippen LogP contribution in [0, 0.1) is 10.1 Å². The normalized spacial score (nSPS) is 17.5. The molecule has 1 aliphatic rings. The highest BCUT2D eigenvalue weighted by Gasteiger charge is 2.27.